The second kappa shape index (κ2) is 6.43. The molecule has 0 amide bonds. The molecule has 0 saturated carbocycles. The highest BCUT2D eigenvalue weighted by molar-refractivity contribution is 9.10. The van der Waals surface area contributed by atoms with Crippen LogP contribution in [-0.2, 0) is 12.8 Å². The second-order valence-corrected chi connectivity index (χ2v) is 6.95. The van der Waals surface area contributed by atoms with E-state index in [1.807, 2.05) is 18.2 Å². The molecule has 0 aliphatic heterocycles. The Labute approximate surface area is 144 Å². The minimum atomic E-state index is 0.778. The summed E-state index contributed by atoms with van der Waals surface area (Å²) in [5.74, 6) is 0. The Morgan fingerprint density at radius 3 is 2.82 bits per heavy atom. The molecule has 3 rings (SSSR count). The Morgan fingerprint density at radius 2 is 2.09 bits per heavy atom. The van der Waals surface area contributed by atoms with E-state index < -0.39 is 0 Å². The Hall–Kier alpha value is -1.32. The number of halogens is 2. The van der Waals surface area contributed by atoms with Gasteiger partial charge in [-0.3, -0.25) is 0 Å². The van der Waals surface area contributed by atoms with Gasteiger partial charge >= 0.3 is 0 Å². The van der Waals surface area contributed by atoms with Crippen molar-refractivity contribution in [2.75, 3.05) is 0 Å². The van der Waals surface area contributed by atoms with E-state index in [4.69, 9.17) is 16.6 Å². The molecule has 2 nitrogen and oxygen atoms in total. The van der Waals surface area contributed by atoms with Crippen molar-refractivity contribution < 1.29 is 0 Å². The van der Waals surface area contributed by atoms with Gasteiger partial charge in [0.25, 0.3) is 0 Å². The normalized spacial score (nSPS) is 11.3. The molecule has 0 atom stereocenters. The topological polar surface area (TPSA) is 17.3 Å². The summed E-state index contributed by atoms with van der Waals surface area (Å²) < 4.78 is 3.29. The molecule has 0 unspecified atom stereocenters. The van der Waals surface area contributed by atoms with Crippen LogP contribution in [0.2, 0.25) is 5.02 Å². The fourth-order valence-corrected chi connectivity index (χ4v) is 3.59. The lowest BCUT2D eigenvalue weighted by molar-refractivity contribution is 0.866. The molecule has 3 aromatic rings. The number of rotatable bonds is 4. The van der Waals surface area contributed by atoms with Gasteiger partial charge in [-0.25, -0.2) is 4.98 Å². The first-order valence-electron chi connectivity index (χ1n) is 7.49. The first kappa shape index (κ1) is 15.6. The fourth-order valence-electron chi connectivity index (χ4n) is 2.83. The highest BCUT2D eigenvalue weighted by atomic mass is 79.9. The van der Waals surface area contributed by atoms with E-state index in [9.17, 15) is 0 Å². The molecule has 4 heteroatoms. The lowest BCUT2D eigenvalue weighted by Crippen LogP contribution is -1.99. The van der Waals surface area contributed by atoms with Gasteiger partial charge in [0.05, 0.1) is 11.4 Å². The van der Waals surface area contributed by atoms with E-state index in [-0.39, 0.29) is 0 Å². The van der Waals surface area contributed by atoms with Crippen molar-refractivity contribution in [3.8, 4) is 0 Å². The van der Waals surface area contributed by atoms with Crippen molar-refractivity contribution in [3.63, 3.8) is 0 Å². The van der Waals surface area contributed by atoms with Crippen molar-refractivity contribution >= 4 is 33.2 Å². The summed E-state index contributed by atoms with van der Waals surface area (Å²) in [6.45, 7) is 4.29. The van der Waals surface area contributed by atoms with Gasteiger partial charge in [0.1, 0.15) is 5.65 Å². The Balaban J connectivity index is 2.15. The summed E-state index contributed by atoms with van der Waals surface area (Å²) >= 11 is 9.72. The highest BCUT2D eigenvalue weighted by Crippen LogP contribution is 2.24. The standard InChI is InChI=1S/C18H18BrClN2/c1-3-5-16-17(10-13-6-4-7-15(20)9-13)22-11-14(19)8-12(2)18(22)21-16/h4,6-9,11H,3,5,10H2,1-2H3. The van der Waals surface area contributed by atoms with Gasteiger partial charge in [0, 0.05) is 22.1 Å². The molecular weight excluding hydrogens is 360 g/mol. The lowest BCUT2D eigenvalue weighted by Gasteiger charge is -2.07. The van der Waals surface area contributed by atoms with E-state index >= 15 is 0 Å². The third-order valence-electron chi connectivity index (χ3n) is 3.80. The maximum Gasteiger partial charge on any atom is 0.140 e. The molecule has 0 spiro atoms. The average molecular weight is 378 g/mol. The van der Waals surface area contributed by atoms with Crippen LogP contribution in [0.1, 0.15) is 35.9 Å². The molecule has 2 aromatic heterocycles. The quantitative estimate of drug-likeness (QED) is 0.578. The molecule has 0 radical (unpaired) electrons. The van der Waals surface area contributed by atoms with Crippen molar-refractivity contribution in [1.29, 1.82) is 0 Å². The summed E-state index contributed by atoms with van der Waals surface area (Å²) in [5, 5.41) is 0.778. The number of aromatic nitrogens is 2. The SMILES string of the molecule is CCCc1nc2c(C)cc(Br)cn2c1Cc1cccc(Cl)c1. The molecule has 0 aliphatic carbocycles. The van der Waals surface area contributed by atoms with Crippen LogP contribution in [0, 0.1) is 6.92 Å². The van der Waals surface area contributed by atoms with Crippen LogP contribution in [-0.4, -0.2) is 9.38 Å². The van der Waals surface area contributed by atoms with Crippen molar-refractivity contribution in [1.82, 2.24) is 9.38 Å². The molecule has 0 aliphatic rings. The lowest BCUT2D eigenvalue weighted by atomic mass is 10.1. The zero-order valence-corrected chi connectivity index (χ0v) is 15.1. The van der Waals surface area contributed by atoms with Gasteiger partial charge in [0.2, 0.25) is 0 Å². The zero-order valence-electron chi connectivity index (χ0n) is 12.7. The molecule has 114 valence electrons. The molecular formula is C18H18BrClN2. The van der Waals surface area contributed by atoms with Gasteiger partial charge in [0.15, 0.2) is 0 Å². The van der Waals surface area contributed by atoms with E-state index in [2.05, 4.69) is 52.5 Å². The molecule has 2 heterocycles. The number of nitrogens with zero attached hydrogens (tertiary/aromatic N) is 2. The predicted octanol–water partition coefficient (Wildman–Crippen LogP) is 5.60. The summed E-state index contributed by atoms with van der Waals surface area (Å²) in [6, 6.07) is 10.2. The minimum Gasteiger partial charge on any atom is -0.302 e. The fraction of sp³-hybridized carbons (Fsp3) is 0.278. The Morgan fingerprint density at radius 1 is 1.27 bits per heavy atom. The minimum absolute atomic E-state index is 0.778. The average Bonchev–Trinajstić information content (AvgIpc) is 2.78. The van der Waals surface area contributed by atoms with E-state index in [0.29, 0.717) is 0 Å². The monoisotopic (exact) mass is 376 g/mol. The molecule has 22 heavy (non-hydrogen) atoms. The number of fused-ring (bicyclic) bond motifs is 1. The van der Waals surface area contributed by atoms with Gasteiger partial charge in [-0.2, -0.15) is 0 Å². The van der Waals surface area contributed by atoms with Crippen LogP contribution in [0.5, 0.6) is 0 Å². The van der Waals surface area contributed by atoms with Crippen molar-refractivity contribution in [2.45, 2.75) is 33.1 Å². The Bertz CT molecular complexity index is 823. The number of imidazole rings is 1. The first-order valence-corrected chi connectivity index (χ1v) is 8.66. The number of hydrogen-bond acceptors (Lipinski definition) is 1. The van der Waals surface area contributed by atoms with Crippen LogP contribution in [0.15, 0.2) is 41.0 Å². The maximum atomic E-state index is 6.12. The summed E-state index contributed by atoms with van der Waals surface area (Å²) in [4.78, 5) is 4.87. The molecule has 0 fully saturated rings. The van der Waals surface area contributed by atoms with E-state index in [0.717, 1.165) is 34.4 Å². The van der Waals surface area contributed by atoms with Crippen LogP contribution in [0.4, 0.5) is 0 Å². The van der Waals surface area contributed by atoms with Gasteiger partial charge < -0.3 is 4.40 Å². The van der Waals surface area contributed by atoms with E-state index in [1.54, 1.807) is 0 Å². The third kappa shape index (κ3) is 3.06. The molecule has 0 bridgehead atoms. The van der Waals surface area contributed by atoms with Gasteiger partial charge in [-0.15, -0.1) is 0 Å². The number of aryl methyl sites for hydroxylation is 2. The Kier molecular flexibility index (Phi) is 4.55. The van der Waals surface area contributed by atoms with Crippen LogP contribution < -0.4 is 0 Å². The van der Waals surface area contributed by atoms with Crippen molar-refractivity contribution in [3.05, 3.63) is 68.5 Å². The summed E-state index contributed by atoms with van der Waals surface area (Å²) in [7, 11) is 0. The summed E-state index contributed by atoms with van der Waals surface area (Å²) in [6.07, 6.45) is 5.03. The van der Waals surface area contributed by atoms with Crippen LogP contribution in [0.3, 0.4) is 0 Å². The zero-order chi connectivity index (χ0) is 15.7. The number of hydrogen-bond donors (Lipinski definition) is 0. The van der Waals surface area contributed by atoms with Crippen LogP contribution in [0.25, 0.3) is 5.65 Å². The highest BCUT2D eigenvalue weighted by Gasteiger charge is 2.14. The number of pyridine rings is 1. The van der Waals surface area contributed by atoms with Gasteiger partial charge in [-0.1, -0.05) is 37.1 Å². The van der Waals surface area contributed by atoms with Crippen molar-refractivity contribution in [2.24, 2.45) is 0 Å². The predicted molar refractivity (Wildman–Crippen MR) is 95.9 cm³/mol. The first-order chi connectivity index (χ1) is 10.6. The molecule has 0 N–H and O–H groups in total. The van der Waals surface area contributed by atoms with Gasteiger partial charge in [-0.05, 0) is 58.6 Å². The van der Waals surface area contributed by atoms with E-state index in [1.165, 1.54) is 22.5 Å². The third-order valence-corrected chi connectivity index (χ3v) is 4.47. The maximum absolute atomic E-state index is 6.12. The molecule has 0 saturated heterocycles. The summed E-state index contributed by atoms with van der Waals surface area (Å²) in [5.41, 5.74) is 5.88. The smallest absolute Gasteiger partial charge is 0.140 e. The largest absolute Gasteiger partial charge is 0.302 e. The number of benzene rings is 1. The van der Waals surface area contributed by atoms with Crippen LogP contribution >= 0.6 is 27.5 Å². The molecule has 1 aromatic carbocycles. The second-order valence-electron chi connectivity index (χ2n) is 5.60.